The fourth-order valence-electron chi connectivity index (χ4n) is 1.53. The van der Waals surface area contributed by atoms with Crippen LogP contribution in [-0.4, -0.2) is 15.3 Å². The minimum Gasteiger partial charge on any atom is -0.292 e. The Bertz CT molecular complexity index is 751. The van der Waals surface area contributed by atoms with Crippen LogP contribution in [-0.2, 0) is 6.54 Å². The van der Waals surface area contributed by atoms with Gasteiger partial charge in [-0.05, 0) is 12.1 Å². The molecule has 0 radical (unpaired) electrons. The van der Waals surface area contributed by atoms with E-state index < -0.39 is 29.4 Å². The first-order chi connectivity index (χ1) is 8.99. The summed E-state index contributed by atoms with van der Waals surface area (Å²) in [6, 6.07) is 5.43. The van der Waals surface area contributed by atoms with Crippen molar-refractivity contribution in [2.75, 3.05) is 0 Å². The van der Waals surface area contributed by atoms with Crippen LogP contribution in [0, 0.1) is 5.82 Å². The number of nitrogens with one attached hydrogen (secondary N) is 1. The first-order valence-corrected chi connectivity index (χ1v) is 5.64. The Morgan fingerprint density at radius 1 is 1.32 bits per heavy atom. The van der Waals surface area contributed by atoms with Gasteiger partial charge in [-0.15, -0.1) is 0 Å². The fraction of sp³-hybridized carbons (Fsp3) is 0.0833. The van der Waals surface area contributed by atoms with Gasteiger partial charge in [-0.2, -0.15) is 0 Å². The third kappa shape index (κ3) is 2.79. The van der Waals surface area contributed by atoms with Crippen LogP contribution < -0.4 is 11.2 Å². The predicted octanol–water partition coefficient (Wildman–Crippen LogP) is 1.21. The molecule has 7 heteroatoms. The molecule has 19 heavy (non-hydrogen) atoms. The number of hydrogen-bond donors (Lipinski definition) is 1. The van der Waals surface area contributed by atoms with Gasteiger partial charge in [0, 0.05) is 6.20 Å². The molecule has 5 nitrogen and oxygen atoms in total. The van der Waals surface area contributed by atoms with Crippen molar-refractivity contribution >= 4 is 17.4 Å². The quantitative estimate of drug-likeness (QED) is 0.860. The Labute approximate surface area is 111 Å². The molecule has 2 aromatic rings. The molecule has 0 spiro atoms. The Morgan fingerprint density at radius 3 is 2.68 bits per heavy atom. The summed E-state index contributed by atoms with van der Waals surface area (Å²) < 4.78 is 14.3. The van der Waals surface area contributed by atoms with Crippen LogP contribution in [0.25, 0.3) is 0 Å². The van der Waals surface area contributed by atoms with Crippen molar-refractivity contribution in [1.82, 2.24) is 9.55 Å². The number of carbonyl (C=O) groups is 1. The number of H-pyrrole nitrogens is 1. The van der Waals surface area contributed by atoms with Crippen molar-refractivity contribution in [1.29, 1.82) is 0 Å². The van der Waals surface area contributed by atoms with E-state index in [1.165, 1.54) is 18.2 Å². The molecule has 1 aromatic carbocycles. The van der Waals surface area contributed by atoms with Crippen molar-refractivity contribution in [3.05, 3.63) is 67.7 Å². The second-order valence-electron chi connectivity index (χ2n) is 3.77. The standard InChI is InChI=1S/C12H8ClFN2O3/c13-8-5-16(12(19)15-11(8)18)6-10(17)7-3-1-2-4-9(7)14/h1-5H,6H2,(H,15,18,19). The van der Waals surface area contributed by atoms with Gasteiger partial charge in [0.2, 0.25) is 0 Å². The molecule has 0 aliphatic heterocycles. The van der Waals surface area contributed by atoms with E-state index in [1.807, 2.05) is 4.98 Å². The molecular weight excluding hydrogens is 275 g/mol. The highest BCUT2D eigenvalue weighted by Gasteiger charge is 2.13. The summed E-state index contributed by atoms with van der Waals surface area (Å²) in [7, 11) is 0. The van der Waals surface area contributed by atoms with Crippen LogP contribution >= 0.6 is 11.6 Å². The van der Waals surface area contributed by atoms with Gasteiger partial charge in [-0.25, -0.2) is 9.18 Å². The van der Waals surface area contributed by atoms with Gasteiger partial charge in [0.05, 0.1) is 12.1 Å². The van der Waals surface area contributed by atoms with Gasteiger partial charge >= 0.3 is 5.69 Å². The normalized spacial score (nSPS) is 10.4. The second kappa shape index (κ2) is 5.19. The number of nitrogens with zero attached hydrogens (tertiary/aromatic N) is 1. The molecule has 2 rings (SSSR count). The third-order valence-corrected chi connectivity index (χ3v) is 2.72. The lowest BCUT2D eigenvalue weighted by Gasteiger charge is -2.05. The highest BCUT2D eigenvalue weighted by molar-refractivity contribution is 6.30. The van der Waals surface area contributed by atoms with Crippen LogP contribution in [0.4, 0.5) is 4.39 Å². The van der Waals surface area contributed by atoms with E-state index >= 15 is 0 Å². The molecule has 0 bridgehead atoms. The van der Waals surface area contributed by atoms with Crippen LogP contribution in [0.2, 0.25) is 5.02 Å². The SMILES string of the molecule is O=C(Cn1cc(Cl)c(=O)[nH]c1=O)c1ccccc1F. The highest BCUT2D eigenvalue weighted by Crippen LogP contribution is 2.08. The molecule has 0 fully saturated rings. The molecular formula is C12H8ClFN2O3. The topological polar surface area (TPSA) is 71.9 Å². The summed E-state index contributed by atoms with van der Waals surface area (Å²) in [5, 5.41) is -0.221. The Hall–Kier alpha value is -2.21. The maximum Gasteiger partial charge on any atom is 0.328 e. The highest BCUT2D eigenvalue weighted by atomic mass is 35.5. The van der Waals surface area contributed by atoms with Gasteiger partial charge in [-0.1, -0.05) is 23.7 Å². The number of aromatic nitrogens is 2. The lowest BCUT2D eigenvalue weighted by molar-refractivity contribution is 0.0966. The summed E-state index contributed by atoms with van der Waals surface area (Å²) in [4.78, 5) is 36.3. The van der Waals surface area contributed by atoms with Crippen LogP contribution in [0.1, 0.15) is 10.4 Å². The van der Waals surface area contributed by atoms with Crippen molar-refractivity contribution in [3.8, 4) is 0 Å². The van der Waals surface area contributed by atoms with Gasteiger partial charge in [0.25, 0.3) is 5.56 Å². The Morgan fingerprint density at radius 2 is 2.00 bits per heavy atom. The molecule has 0 saturated heterocycles. The summed E-state index contributed by atoms with van der Waals surface area (Å²) in [6.07, 6.45) is 1.04. The van der Waals surface area contributed by atoms with Crippen LogP contribution in [0.5, 0.6) is 0 Å². The van der Waals surface area contributed by atoms with E-state index in [4.69, 9.17) is 11.6 Å². The molecule has 1 heterocycles. The van der Waals surface area contributed by atoms with E-state index in [2.05, 4.69) is 0 Å². The average molecular weight is 283 g/mol. The molecule has 98 valence electrons. The van der Waals surface area contributed by atoms with Gasteiger partial charge in [-0.3, -0.25) is 19.1 Å². The molecule has 1 aromatic heterocycles. The van der Waals surface area contributed by atoms with Crippen molar-refractivity contribution < 1.29 is 9.18 Å². The van der Waals surface area contributed by atoms with Crippen molar-refractivity contribution in [3.63, 3.8) is 0 Å². The summed E-state index contributed by atoms with van der Waals surface area (Å²) in [6.45, 7) is -0.406. The molecule has 0 aliphatic carbocycles. The van der Waals surface area contributed by atoms with E-state index in [9.17, 15) is 18.8 Å². The summed E-state index contributed by atoms with van der Waals surface area (Å²) >= 11 is 5.56. The van der Waals surface area contributed by atoms with E-state index in [0.717, 1.165) is 16.8 Å². The van der Waals surface area contributed by atoms with E-state index in [0.29, 0.717) is 0 Å². The zero-order chi connectivity index (χ0) is 14.0. The number of aromatic amines is 1. The Balaban J connectivity index is 2.35. The first-order valence-electron chi connectivity index (χ1n) is 5.26. The molecule has 0 atom stereocenters. The number of carbonyl (C=O) groups excluding carboxylic acids is 1. The monoisotopic (exact) mass is 282 g/mol. The zero-order valence-corrected chi connectivity index (χ0v) is 10.3. The summed E-state index contributed by atoms with van der Waals surface area (Å²) in [5.74, 6) is -1.26. The van der Waals surface area contributed by atoms with Crippen LogP contribution in [0.15, 0.2) is 40.1 Å². The summed E-state index contributed by atoms with van der Waals surface area (Å²) in [5.41, 5.74) is -1.64. The zero-order valence-electron chi connectivity index (χ0n) is 9.52. The molecule has 0 aliphatic rings. The number of rotatable bonds is 3. The van der Waals surface area contributed by atoms with E-state index in [-0.39, 0.29) is 10.6 Å². The van der Waals surface area contributed by atoms with Crippen LogP contribution in [0.3, 0.4) is 0 Å². The maximum atomic E-state index is 13.4. The lowest BCUT2D eigenvalue weighted by Crippen LogP contribution is -2.31. The van der Waals surface area contributed by atoms with Crippen molar-refractivity contribution in [2.24, 2.45) is 0 Å². The number of Topliss-reactive ketones (excluding diaryl/α,β-unsaturated/α-hetero) is 1. The molecule has 0 saturated carbocycles. The molecule has 0 unspecified atom stereocenters. The number of benzene rings is 1. The fourth-order valence-corrected chi connectivity index (χ4v) is 1.69. The minimum absolute atomic E-state index is 0.128. The largest absolute Gasteiger partial charge is 0.328 e. The minimum atomic E-state index is -0.779. The number of hydrogen-bond acceptors (Lipinski definition) is 3. The third-order valence-electron chi connectivity index (χ3n) is 2.46. The molecule has 1 N–H and O–H groups in total. The average Bonchev–Trinajstić information content (AvgIpc) is 2.36. The maximum absolute atomic E-state index is 13.4. The second-order valence-corrected chi connectivity index (χ2v) is 4.17. The first kappa shape index (κ1) is 13.2. The van der Waals surface area contributed by atoms with Crippen molar-refractivity contribution in [2.45, 2.75) is 6.54 Å². The smallest absolute Gasteiger partial charge is 0.292 e. The van der Waals surface area contributed by atoms with Gasteiger partial charge < -0.3 is 0 Å². The predicted molar refractivity (Wildman–Crippen MR) is 67.1 cm³/mol. The number of ketones is 1. The number of halogens is 2. The van der Waals surface area contributed by atoms with E-state index in [1.54, 1.807) is 0 Å². The molecule has 0 amide bonds. The van der Waals surface area contributed by atoms with Gasteiger partial charge in [0.1, 0.15) is 10.8 Å². The van der Waals surface area contributed by atoms with Gasteiger partial charge in [0.15, 0.2) is 5.78 Å². The lowest BCUT2D eigenvalue weighted by atomic mass is 10.1. The Kier molecular flexibility index (Phi) is 3.62.